The van der Waals surface area contributed by atoms with Gasteiger partial charge >= 0.3 is 5.97 Å². The lowest BCUT2D eigenvalue weighted by molar-refractivity contribution is 0.0320. The van der Waals surface area contributed by atoms with Gasteiger partial charge in [0.25, 0.3) is 0 Å². The third-order valence-corrected chi connectivity index (χ3v) is 5.71. The Balaban J connectivity index is 1.42. The minimum absolute atomic E-state index is 0.334. The number of rotatable bonds is 10. The summed E-state index contributed by atoms with van der Waals surface area (Å²) in [6, 6.07) is 11.0. The van der Waals surface area contributed by atoms with Crippen molar-refractivity contribution in [2.24, 2.45) is 5.10 Å². The highest BCUT2D eigenvalue weighted by atomic mass is 16.5. The predicted molar refractivity (Wildman–Crippen MR) is 134 cm³/mol. The van der Waals surface area contributed by atoms with E-state index in [0.717, 1.165) is 57.2 Å². The van der Waals surface area contributed by atoms with Gasteiger partial charge in [-0.1, -0.05) is 12.1 Å². The molecule has 2 saturated heterocycles. The summed E-state index contributed by atoms with van der Waals surface area (Å²) in [5.74, 6) is 0.770. The Morgan fingerprint density at radius 2 is 1.89 bits per heavy atom. The van der Waals surface area contributed by atoms with Crippen LogP contribution in [-0.4, -0.2) is 94.4 Å². The van der Waals surface area contributed by atoms with Crippen molar-refractivity contribution in [3.8, 4) is 5.88 Å². The molecule has 0 bridgehead atoms. The molecule has 0 radical (unpaired) electrons. The highest BCUT2D eigenvalue weighted by Gasteiger charge is 2.15. The molecule has 3 heterocycles. The molecule has 2 fully saturated rings. The molecule has 4 rings (SSSR count). The summed E-state index contributed by atoms with van der Waals surface area (Å²) in [6.45, 7) is 9.84. The van der Waals surface area contributed by atoms with Crippen molar-refractivity contribution in [2.45, 2.75) is 6.92 Å². The minimum atomic E-state index is -0.352. The number of pyridine rings is 1. The molecule has 1 N–H and O–H groups in total. The first-order chi connectivity index (χ1) is 17.2. The quantitative estimate of drug-likeness (QED) is 0.310. The van der Waals surface area contributed by atoms with Gasteiger partial charge in [-0.2, -0.15) is 10.1 Å². The number of aromatic nitrogens is 1. The maximum Gasteiger partial charge on any atom is 0.338 e. The molecule has 2 aliphatic heterocycles. The Morgan fingerprint density at radius 3 is 2.66 bits per heavy atom. The molecule has 1 aromatic heterocycles. The summed E-state index contributed by atoms with van der Waals surface area (Å²) in [7, 11) is 0. The van der Waals surface area contributed by atoms with Crippen LogP contribution in [0.1, 0.15) is 22.8 Å². The first-order valence-corrected chi connectivity index (χ1v) is 12.1. The molecule has 0 spiro atoms. The van der Waals surface area contributed by atoms with Gasteiger partial charge in [-0.25, -0.2) is 4.79 Å². The van der Waals surface area contributed by atoms with E-state index in [1.165, 1.54) is 0 Å². The van der Waals surface area contributed by atoms with Crippen LogP contribution in [0.3, 0.4) is 0 Å². The summed E-state index contributed by atoms with van der Waals surface area (Å²) < 4.78 is 22.0. The van der Waals surface area contributed by atoms with Crippen LogP contribution in [0.25, 0.3) is 0 Å². The second-order valence-electron chi connectivity index (χ2n) is 8.17. The van der Waals surface area contributed by atoms with Gasteiger partial charge in [-0.15, -0.1) is 0 Å². The molecule has 10 nitrogen and oxygen atoms in total. The Morgan fingerprint density at radius 1 is 1.11 bits per heavy atom. The molecule has 188 valence electrons. The smallest absolute Gasteiger partial charge is 0.338 e. The fourth-order valence-corrected chi connectivity index (χ4v) is 3.86. The number of nitrogens with zero attached hydrogens (tertiary/aromatic N) is 4. The van der Waals surface area contributed by atoms with Gasteiger partial charge in [0.1, 0.15) is 6.61 Å². The third-order valence-electron chi connectivity index (χ3n) is 5.71. The molecule has 10 heteroatoms. The molecule has 0 aliphatic carbocycles. The normalized spacial score (nSPS) is 16.9. The van der Waals surface area contributed by atoms with Crippen LogP contribution in [0.5, 0.6) is 5.88 Å². The van der Waals surface area contributed by atoms with Gasteiger partial charge in [-0.3, -0.25) is 10.3 Å². The van der Waals surface area contributed by atoms with Crippen LogP contribution in [0, 0.1) is 0 Å². The number of carbonyl (C=O) groups is 1. The van der Waals surface area contributed by atoms with Crippen LogP contribution in [0.15, 0.2) is 41.5 Å². The fraction of sp³-hybridized carbons (Fsp3) is 0.480. The Bertz CT molecular complexity index is 990. The van der Waals surface area contributed by atoms with Crippen molar-refractivity contribution in [3.05, 3.63) is 47.5 Å². The van der Waals surface area contributed by atoms with E-state index in [4.69, 9.17) is 18.9 Å². The predicted octanol–water partition coefficient (Wildman–Crippen LogP) is 2.25. The molecular formula is C25H33N5O5. The Labute approximate surface area is 205 Å². The monoisotopic (exact) mass is 483 g/mol. The van der Waals surface area contributed by atoms with Crippen LogP contribution in [-0.2, 0) is 14.2 Å². The van der Waals surface area contributed by atoms with E-state index in [1.54, 1.807) is 31.3 Å². The molecular weight excluding hydrogens is 450 g/mol. The zero-order valence-corrected chi connectivity index (χ0v) is 20.1. The summed E-state index contributed by atoms with van der Waals surface area (Å²) >= 11 is 0. The highest BCUT2D eigenvalue weighted by Crippen LogP contribution is 2.25. The SMILES string of the molecule is CCOC(=O)c1cccc(C=NNc2cc(N3CCOCC3)cc(OCCN3CCOCC3)n2)c1. The van der Waals surface area contributed by atoms with Crippen molar-refractivity contribution in [3.63, 3.8) is 0 Å². The lowest BCUT2D eigenvalue weighted by Crippen LogP contribution is -2.38. The third kappa shape index (κ3) is 7.64. The molecule has 0 amide bonds. The second-order valence-corrected chi connectivity index (χ2v) is 8.17. The van der Waals surface area contributed by atoms with Gasteiger partial charge in [0.15, 0.2) is 5.82 Å². The van der Waals surface area contributed by atoms with Crippen LogP contribution < -0.4 is 15.1 Å². The van der Waals surface area contributed by atoms with E-state index in [2.05, 4.69) is 25.3 Å². The van der Waals surface area contributed by atoms with Crippen molar-refractivity contribution in [2.75, 3.05) is 82.7 Å². The lowest BCUT2D eigenvalue weighted by atomic mass is 10.1. The molecule has 0 saturated carbocycles. The number of hydrogen-bond donors (Lipinski definition) is 1. The van der Waals surface area contributed by atoms with E-state index < -0.39 is 0 Å². The number of anilines is 2. The number of esters is 1. The minimum Gasteiger partial charge on any atom is -0.476 e. The van der Waals surface area contributed by atoms with Crippen LogP contribution in [0.4, 0.5) is 11.5 Å². The zero-order valence-electron chi connectivity index (χ0n) is 20.1. The Hall–Kier alpha value is -3.21. The van der Waals surface area contributed by atoms with E-state index in [0.29, 0.717) is 43.7 Å². The molecule has 2 aromatic rings. The number of nitrogens with one attached hydrogen (secondary N) is 1. The number of benzene rings is 1. The van der Waals surface area contributed by atoms with Crippen molar-refractivity contribution in [1.29, 1.82) is 0 Å². The standard InChI is InChI=1S/C25H33N5O5/c1-2-34-25(31)21-5-3-4-20(16-21)19-26-28-23-17-22(30-9-13-33-14-10-30)18-24(27-23)35-15-8-29-6-11-32-12-7-29/h3-5,16-19H,2,6-15H2,1H3,(H,27,28). The van der Waals surface area contributed by atoms with Gasteiger partial charge in [0.2, 0.25) is 5.88 Å². The topological polar surface area (TPSA) is 97.8 Å². The van der Waals surface area contributed by atoms with Gasteiger partial charge in [-0.05, 0) is 24.6 Å². The molecule has 0 atom stereocenters. The number of morpholine rings is 2. The molecule has 2 aliphatic rings. The number of ether oxygens (including phenoxy) is 4. The highest BCUT2D eigenvalue weighted by molar-refractivity contribution is 5.92. The number of carbonyl (C=O) groups excluding carboxylic acids is 1. The lowest BCUT2D eigenvalue weighted by Gasteiger charge is -2.29. The summed E-state index contributed by atoms with van der Waals surface area (Å²) in [5.41, 5.74) is 5.27. The first kappa shape index (κ1) is 24.9. The molecule has 1 aromatic carbocycles. The van der Waals surface area contributed by atoms with E-state index >= 15 is 0 Å². The van der Waals surface area contributed by atoms with Gasteiger partial charge in [0, 0.05) is 50.5 Å². The number of hydrazone groups is 1. The zero-order chi connectivity index (χ0) is 24.3. The molecule has 35 heavy (non-hydrogen) atoms. The first-order valence-electron chi connectivity index (χ1n) is 12.1. The summed E-state index contributed by atoms with van der Waals surface area (Å²) in [6.07, 6.45) is 1.64. The van der Waals surface area contributed by atoms with E-state index in [-0.39, 0.29) is 5.97 Å². The van der Waals surface area contributed by atoms with E-state index in [9.17, 15) is 4.79 Å². The van der Waals surface area contributed by atoms with Crippen LogP contribution >= 0.6 is 0 Å². The van der Waals surface area contributed by atoms with E-state index in [1.807, 2.05) is 18.2 Å². The maximum atomic E-state index is 12.0. The molecule has 0 unspecified atom stereocenters. The van der Waals surface area contributed by atoms with Crippen LogP contribution in [0.2, 0.25) is 0 Å². The van der Waals surface area contributed by atoms with Crippen molar-refractivity contribution >= 4 is 23.7 Å². The Kier molecular flexibility index (Phi) is 9.27. The summed E-state index contributed by atoms with van der Waals surface area (Å²) in [4.78, 5) is 21.1. The second kappa shape index (κ2) is 13.0. The van der Waals surface area contributed by atoms with Crippen molar-refractivity contribution < 1.29 is 23.7 Å². The largest absolute Gasteiger partial charge is 0.476 e. The maximum absolute atomic E-state index is 12.0. The average Bonchev–Trinajstić information content (AvgIpc) is 2.90. The van der Waals surface area contributed by atoms with Crippen molar-refractivity contribution in [1.82, 2.24) is 9.88 Å². The van der Waals surface area contributed by atoms with Gasteiger partial charge in [0.05, 0.1) is 44.8 Å². The van der Waals surface area contributed by atoms with Gasteiger partial charge < -0.3 is 23.8 Å². The average molecular weight is 484 g/mol. The summed E-state index contributed by atoms with van der Waals surface area (Å²) in [5, 5.41) is 4.33. The number of hydrogen-bond acceptors (Lipinski definition) is 10. The fourth-order valence-electron chi connectivity index (χ4n) is 3.86.